The zero-order valence-electron chi connectivity index (χ0n) is 12.4. The number of amides is 1. The summed E-state index contributed by atoms with van der Waals surface area (Å²) in [6.45, 7) is 9.61. The molecule has 0 saturated carbocycles. The molecule has 1 heterocycles. The van der Waals surface area contributed by atoms with Crippen molar-refractivity contribution in [2.24, 2.45) is 5.92 Å². The predicted molar refractivity (Wildman–Crippen MR) is 75.1 cm³/mol. The van der Waals surface area contributed by atoms with Gasteiger partial charge in [0.2, 0.25) is 5.91 Å². The highest BCUT2D eigenvalue weighted by Gasteiger charge is 2.32. The van der Waals surface area contributed by atoms with Gasteiger partial charge in [-0.15, -0.1) is 0 Å². The van der Waals surface area contributed by atoms with Crippen LogP contribution < -0.4 is 10.6 Å². The Hall–Kier alpha value is -0.650. The van der Waals surface area contributed by atoms with Crippen molar-refractivity contribution in [3.63, 3.8) is 0 Å². The van der Waals surface area contributed by atoms with E-state index in [0.717, 1.165) is 32.5 Å². The molecule has 0 aromatic heterocycles. The Bertz CT molecular complexity index is 259. The van der Waals surface area contributed by atoms with E-state index in [-0.39, 0.29) is 24.0 Å². The molecule has 2 N–H and O–H groups in total. The van der Waals surface area contributed by atoms with E-state index in [2.05, 4.69) is 10.6 Å². The summed E-state index contributed by atoms with van der Waals surface area (Å²) in [5, 5.41) is 6.28. The van der Waals surface area contributed by atoms with Gasteiger partial charge in [0.1, 0.15) is 0 Å². The minimum atomic E-state index is -0.0492. The molecule has 1 rings (SSSR count). The molecule has 0 aliphatic carbocycles. The number of hydrogen-bond donors (Lipinski definition) is 2. The summed E-state index contributed by atoms with van der Waals surface area (Å²) in [7, 11) is 0. The molecule has 1 fully saturated rings. The first-order valence-electron chi connectivity index (χ1n) is 7.35. The molecule has 0 aromatic carbocycles. The van der Waals surface area contributed by atoms with Gasteiger partial charge in [0.15, 0.2) is 0 Å². The number of carbonyl (C=O) groups is 1. The molecule has 0 spiro atoms. The van der Waals surface area contributed by atoms with Crippen LogP contribution in [0.2, 0.25) is 0 Å². The van der Waals surface area contributed by atoms with Gasteiger partial charge in [-0.1, -0.05) is 6.92 Å². The molecular weight excluding hydrogens is 244 g/mol. The smallest absolute Gasteiger partial charge is 0.227 e. The number of carbonyl (C=O) groups excluding carboxylic acids is 1. The highest BCUT2D eigenvalue weighted by atomic mass is 16.5. The molecule has 2 atom stereocenters. The van der Waals surface area contributed by atoms with Crippen LogP contribution in [-0.4, -0.2) is 51.0 Å². The van der Waals surface area contributed by atoms with Crippen molar-refractivity contribution in [3.05, 3.63) is 0 Å². The van der Waals surface area contributed by atoms with Crippen molar-refractivity contribution < 1.29 is 14.3 Å². The topological polar surface area (TPSA) is 59.6 Å². The lowest BCUT2D eigenvalue weighted by Gasteiger charge is -2.17. The van der Waals surface area contributed by atoms with Gasteiger partial charge in [0.05, 0.1) is 25.2 Å². The third-order valence-electron chi connectivity index (χ3n) is 3.21. The molecule has 19 heavy (non-hydrogen) atoms. The van der Waals surface area contributed by atoms with E-state index < -0.39 is 0 Å². The van der Waals surface area contributed by atoms with Crippen molar-refractivity contribution in [2.75, 3.05) is 32.9 Å². The van der Waals surface area contributed by atoms with Crippen LogP contribution >= 0.6 is 0 Å². The second kappa shape index (κ2) is 9.28. The van der Waals surface area contributed by atoms with E-state index >= 15 is 0 Å². The molecule has 5 heteroatoms. The quantitative estimate of drug-likeness (QED) is 0.613. The molecule has 2 unspecified atom stereocenters. The highest BCUT2D eigenvalue weighted by molar-refractivity contribution is 5.79. The van der Waals surface area contributed by atoms with Crippen molar-refractivity contribution in [1.29, 1.82) is 0 Å². The van der Waals surface area contributed by atoms with Crippen molar-refractivity contribution >= 4 is 5.91 Å². The van der Waals surface area contributed by atoms with Gasteiger partial charge in [-0.3, -0.25) is 4.79 Å². The molecule has 1 aliphatic rings. The molecule has 1 saturated heterocycles. The van der Waals surface area contributed by atoms with E-state index in [1.165, 1.54) is 0 Å². The highest BCUT2D eigenvalue weighted by Crippen LogP contribution is 2.13. The van der Waals surface area contributed by atoms with Crippen LogP contribution in [0.5, 0.6) is 0 Å². The SMILES string of the molecule is CCNC1COCC1C(=O)NCCCCOC(C)C. The zero-order chi connectivity index (χ0) is 14.1. The Morgan fingerprint density at radius 2 is 2.16 bits per heavy atom. The number of likely N-dealkylation sites (N-methyl/N-ethyl adjacent to an activating group) is 1. The Morgan fingerprint density at radius 3 is 2.84 bits per heavy atom. The first kappa shape index (κ1) is 16.4. The van der Waals surface area contributed by atoms with Crippen LogP contribution in [0.1, 0.15) is 33.6 Å². The lowest BCUT2D eigenvalue weighted by molar-refractivity contribution is -0.125. The first-order valence-corrected chi connectivity index (χ1v) is 7.35. The van der Waals surface area contributed by atoms with Crippen LogP contribution in [0, 0.1) is 5.92 Å². The average molecular weight is 272 g/mol. The van der Waals surface area contributed by atoms with E-state index in [0.29, 0.717) is 13.2 Å². The van der Waals surface area contributed by atoms with Crippen LogP contribution in [0.4, 0.5) is 0 Å². The lowest BCUT2D eigenvalue weighted by Crippen LogP contribution is -2.44. The summed E-state index contributed by atoms with van der Waals surface area (Å²) >= 11 is 0. The number of hydrogen-bond acceptors (Lipinski definition) is 4. The fraction of sp³-hybridized carbons (Fsp3) is 0.929. The molecule has 0 bridgehead atoms. The second-order valence-corrected chi connectivity index (χ2v) is 5.23. The maximum absolute atomic E-state index is 12.0. The minimum Gasteiger partial charge on any atom is -0.379 e. The summed E-state index contributed by atoms with van der Waals surface area (Å²) in [5.41, 5.74) is 0. The fourth-order valence-electron chi connectivity index (χ4n) is 2.16. The van der Waals surface area contributed by atoms with Crippen LogP contribution in [0.3, 0.4) is 0 Å². The molecule has 0 aromatic rings. The number of ether oxygens (including phenoxy) is 2. The second-order valence-electron chi connectivity index (χ2n) is 5.23. The monoisotopic (exact) mass is 272 g/mol. The summed E-state index contributed by atoms with van der Waals surface area (Å²) in [6, 6.07) is 0.161. The van der Waals surface area contributed by atoms with Crippen LogP contribution in [0.15, 0.2) is 0 Å². The standard InChI is InChI=1S/C14H28N2O3/c1-4-15-13-10-18-9-12(13)14(17)16-7-5-6-8-19-11(2)3/h11-13,15H,4-10H2,1-3H3,(H,16,17). The molecule has 0 radical (unpaired) electrons. The summed E-state index contributed by atoms with van der Waals surface area (Å²) in [6.07, 6.45) is 2.22. The van der Waals surface area contributed by atoms with Crippen molar-refractivity contribution in [1.82, 2.24) is 10.6 Å². The van der Waals surface area contributed by atoms with Gasteiger partial charge in [-0.25, -0.2) is 0 Å². The van der Waals surface area contributed by atoms with Crippen LogP contribution in [0.25, 0.3) is 0 Å². The molecule has 1 aliphatic heterocycles. The van der Waals surface area contributed by atoms with E-state index in [1.807, 2.05) is 20.8 Å². The van der Waals surface area contributed by atoms with Gasteiger partial charge >= 0.3 is 0 Å². The van der Waals surface area contributed by atoms with E-state index in [4.69, 9.17) is 9.47 Å². The maximum atomic E-state index is 12.0. The van der Waals surface area contributed by atoms with E-state index in [9.17, 15) is 4.79 Å². The molecule has 112 valence electrons. The van der Waals surface area contributed by atoms with Gasteiger partial charge in [0, 0.05) is 19.2 Å². The fourth-order valence-corrected chi connectivity index (χ4v) is 2.16. The summed E-state index contributed by atoms with van der Waals surface area (Å²) in [5.74, 6) is 0.0556. The number of rotatable bonds is 9. The summed E-state index contributed by atoms with van der Waals surface area (Å²) < 4.78 is 10.8. The lowest BCUT2D eigenvalue weighted by atomic mass is 10.0. The first-order chi connectivity index (χ1) is 9.15. The average Bonchev–Trinajstić information content (AvgIpc) is 2.81. The predicted octanol–water partition coefficient (Wildman–Crippen LogP) is 0.932. The van der Waals surface area contributed by atoms with Crippen molar-refractivity contribution in [3.8, 4) is 0 Å². The normalized spacial score (nSPS) is 22.9. The molecule has 5 nitrogen and oxygen atoms in total. The Kier molecular flexibility index (Phi) is 8.02. The van der Waals surface area contributed by atoms with E-state index in [1.54, 1.807) is 0 Å². The van der Waals surface area contributed by atoms with Gasteiger partial charge in [0.25, 0.3) is 0 Å². The minimum absolute atomic E-state index is 0.0492. The van der Waals surface area contributed by atoms with Gasteiger partial charge in [-0.2, -0.15) is 0 Å². The molecular formula is C14H28N2O3. The van der Waals surface area contributed by atoms with Gasteiger partial charge in [-0.05, 0) is 33.2 Å². The third kappa shape index (κ3) is 6.36. The molecule has 1 amide bonds. The number of unbranched alkanes of at least 4 members (excludes halogenated alkanes) is 1. The largest absolute Gasteiger partial charge is 0.379 e. The number of nitrogens with one attached hydrogen (secondary N) is 2. The van der Waals surface area contributed by atoms with Crippen LogP contribution in [-0.2, 0) is 14.3 Å². The maximum Gasteiger partial charge on any atom is 0.227 e. The third-order valence-corrected chi connectivity index (χ3v) is 3.21. The Balaban J connectivity index is 2.10. The summed E-state index contributed by atoms with van der Waals surface area (Å²) in [4.78, 5) is 12.0. The zero-order valence-corrected chi connectivity index (χ0v) is 12.4. The Labute approximate surface area is 116 Å². The van der Waals surface area contributed by atoms with Gasteiger partial charge < -0.3 is 20.1 Å². The van der Waals surface area contributed by atoms with Crippen molar-refractivity contribution in [2.45, 2.75) is 45.8 Å². The Morgan fingerprint density at radius 1 is 1.37 bits per heavy atom.